The molecular weight excluding hydrogens is 240 g/mol. The number of nitrogens with one attached hydrogen (secondary N) is 1. The second-order valence-electron chi connectivity index (χ2n) is 5.23. The highest BCUT2D eigenvalue weighted by molar-refractivity contribution is 5.80. The molecule has 1 heterocycles. The number of fused-ring (bicyclic) bond motifs is 1. The Hall–Kier alpha value is -1.36. The SMILES string of the molecule is CC(C)NCc1ccc2ccn(CC(O)CO)c2c1. The molecule has 0 amide bonds. The number of aromatic nitrogens is 1. The fourth-order valence-corrected chi connectivity index (χ4v) is 2.11. The van der Waals surface area contributed by atoms with Gasteiger partial charge in [0.15, 0.2) is 0 Å². The van der Waals surface area contributed by atoms with Crippen LogP contribution in [0.15, 0.2) is 30.5 Å². The van der Waals surface area contributed by atoms with E-state index in [1.54, 1.807) is 0 Å². The first-order valence-corrected chi connectivity index (χ1v) is 6.70. The lowest BCUT2D eigenvalue weighted by Crippen LogP contribution is -2.22. The van der Waals surface area contributed by atoms with Crippen LogP contribution in [0.2, 0.25) is 0 Å². The number of hydrogen-bond acceptors (Lipinski definition) is 3. The van der Waals surface area contributed by atoms with Crippen molar-refractivity contribution in [2.24, 2.45) is 0 Å². The molecule has 0 fully saturated rings. The van der Waals surface area contributed by atoms with Crippen molar-refractivity contribution in [3.05, 3.63) is 36.0 Å². The van der Waals surface area contributed by atoms with Gasteiger partial charge in [-0.25, -0.2) is 0 Å². The lowest BCUT2D eigenvalue weighted by atomic mass is 10.1. The molecule has 4 heteroatoms. The molecule has 0 bridgehead atoms. The van der Waals surface area contributed by atoms with Crippen LogP contribution >= 0.6 is 0 Å². The molecule has 0 aliphatic carbocycles. The maximum atomic E-state index is 9.55. The predicted molar refractivity (Wildman–Crippen MR) is 77.0 cm³/mol. The van der Waals surface area contributed by atoms with Gasteiger partial charge in [-0.3, -0.25) is 0 Å². The van der Waals surface area contributed by atoms with Crippen LogP contribution in [0.5, 0.6) is 0 Å². The van der Waals surface area contributed by atoms with Crippen molar-refractivity contribution >= 4 is 10.9 Å². The van der Waals surface area contributed by atoms with Gasteiger partial charge in [-0.05, 0) is 23.1 Å². The molecule has 4 nitrogen and oxygen atoms in total. The predicted octanol–water partition coefficient (Wildman–Crippen LogP) is 1.49. The molecule has 0 saturated carbocycles. The Balaban J connectivity index is 2.21. The molecule has 1 aromatic heterocycles. The number of rotatable bonds is 6. The fourth-order valence-electron chi connectivity index (χ4n) is 2.11. The molecule has 104 valence electrons. The Morgan fingerprint density at radius 3 is 2.74 bits per heavy atom. The van der Waals surface area contributed by atoms with E-state index in [4.69, 9.17) is 5.11 Å². The van der Waals surface area contributed by atoms with Crippen LogP contribution in [-0.2, 0) is 13.1 Å². The molecular formula is C15H22N2O2. The van der Waals surface area contributed by atoms with Gasteiger partial charge >= 0.3 is 0 Å². The third kappa shape index (κ3) is 3.56. The number of aliphatic hydroxyl groups is 2. The van der Waals surface area contributed by atoms with Crippen molar-refractivity contribution in [3.8, 4) is 0 Å². The van der Waals surface area contributed by atoms with E-state index in [0.29, 0.717) is 12.6 Å². The minimum atomic E-state index is -0.715. The highest BCUT2D eigenvalue weighted by Crippen LogP contribution is 2.18. The van der Waals surface area contributed by atoms with Gasteiger partial charge in [-0.1, -0.05) is 26.0 Å². The maximum absolute atomic E-state index is 9.55. The van der Waals surface area contributed by atoms with E-state index in [-0.39, 0.29) is 6.61 Å². The Morgan fingerprint density at radius 1 is 1.26 bits per heavy atom. The van der Waals surface area contributed by atoms with E-state index >= 15 is 0 Å². The largest absolute Gasteiger partial charge is 0.394 e. The summed E-state index contributed by atoms with van der Waals surface area (Å²) < 4.78 is 1.98. The summed E-state index contributed by atoms with van der Waals surface area (Å²) in [7, 11) is 0. The van der Waals surface area contributed by atoms with Gasteiger partial charge in [-0.2, -0.15) is 0 Å². The van der Waals surface area contributed by atoms with Gasteiger partial charge < -0.3 is 20.1 Å². The normalized spacial score (nSPS) is 13.3. The molecule has 1 unspecified atom stereocenters. The third-order valence-electron chi connectivity index (χ3n) is 3.17. The Labute approximate surface area is 113 Å². The van der Waals surface area contributed by atoms with Crippen molar-refractivity contribution in [1.82, 2.24) is 9.88 Å². The second kappa shape index (κ2) is 6.19. The van der Waals surface area contributed by atoms with Gasteiger partial charge in [0.05, 0.1) is 19.3 Å². The Bertz CT molecular complexity index is 534. The van der Waals surface area contributed by atoms with E-state index in [0.717, 1.165) is 17.4 Å². The average molecular weight is 262 g/mol. The van der Waals surface area contributed by atoms with Gasteiger partial charge in [0.1, 0.15) is 0 Å². The highest BCUT2D eigenvalue weighted by atomic mass is 16.3. The first-order valence-electron chi connectivity index (χ1n) is 6.70. The standard InChI is InChI=1S/C15H22N2O2/c1-11(2)16-8-12-3-4-13-5-6-17(15(13)7-12)9-14(19)10-18/h3-7,11,14,16,18-19H,8-10H2,1-2H3. The van der Waals surface area contributed by atoms with Gasteiger partial charge in [0.2, 0.25) is 0 Å². The summed E-state index contributed by atoms with van der Waals surface area (Å²) in [6, 6.07) is 8.83. The molecule has 2 aromatic rings. The van der Waals surface area contributed by atoms with E-state index in [1.165, 1.54) is 5.56 Å². The van der Waals surface area contributed by atoms with Crippen molar-refractivity contribution in [1.29, 1.82) is 0 Å². The number of aliphatic hydroxyl groups excluding tert-OH is 2. The van der Waals surface area contributed by atoms with Crippen LogP contribution in [0.25, 0.3) is 10.9 Å². The molecule has 0 saturated heterocycles. The Morgan fingerprint density at radius 2 is 2.05 bits per heavy atom. The zero-order chi connectivity index (χ0) is 13.8. The lowest BCUT2D eigenvalue weighted by Gasteiger charge is -2.11. The van der Waals surface area contributed by atoms with Crippen LogP contribution in [0.3, 0.4) is 0 Å². The monoisotopic (exact) mass is 262 g/mol. The zero-order valence-electron chi connectivity index (χ0n) is 11.5. The number of hydrogen-bond donors (Lipinski definition) is 3. The zero-order valence-corrected chi connectivity index (χ0v) is 11.5. The molecule has 0 aliphatic heterocycles. The summed E-state index contributed by atoms with van der Waals surface area (Å²) in [5, 5.41) is 23.0. The molecule has 0 radical (unpaired) electrons. The van der Waals surface area contributed by atoms with Crippen LogP contribution in [0.4, 0.5) is 0 Å². The van der Waals surface area contributed by atoms with Crippen LogP contribution < -0.4 is 5.32 Å². The van der Waals surface area contributed by atoms with E-state index in [2.05, 4.69) is 37.4 Å². The van der Waals surface area contributed by atoms with Crippen LogP contribution in [0, 0.1) is 0 Å². The molecule has 1 aromatic carbocycles. The molecule has 1 atom stereocenters. The van der Waals surface area contributed by atoms with Gasteiger partial charge in [-0.15, -0.1) is 0 Å². The summed E-state index contributed by atoms with van der Waals surface area (Å²) in [4.78, 5) is 0. The average Bonchev–Trinajstić information content (AvgIpc) is 2.79. The van der Waals surface area contributed by atoms with Crippen LogP contribution in [0.1, 0.15) is 19.4 Å². The first kappa shape index (κ1) is 14.1. The fraction of sp³-hybridized carbons (Fsp3) is 0.467. The molecule has 19 heavy (non-hydrogen) atoms. The van der Waals surface area contributed by atoms with Crippen LogP contribution in [-0.4, -0.2) is 33.5 Å². The van der Waals surface area contributed by atoms with Crippen molar-refractivity contribution < 1.29 is 10.2 Å². The molecule has 0 spiro atoms. The van der Waals surface area contributed by atoms with Crippen molar-refractivity contribution in [3.63, 3.8) is 0 Å². The quantitative estimate of drug-likeness (QED) is 0.739. The van der Waals surface area contributed by atoms with Crippen molar-refractivity contribution in [2.45, 2.75) is 39.1 Å². The first-order chi connectivity index (χ1) is 9.10. The summed E-state index contributed by atoms with van der Waals surface area (Å²) in [5.74, 6) is 0. The van der Waals surface area contributed by atoms with E-state index < -0.39 is 6.10 Å². The molecule has 0 aliphatic rings. The topological polar surface area (TPSA) is 57.4 Å². The summed E-state index contributed by atoms with van der Waals surface area (Å²) >= 11 is 0. The van der Waals surface area contributed by atoms with Gasteiger partial charge in [0.25, 0.3) is 0 Å². The maximum Gasteiger partial charge on any atom is 0.0949 e. The minimum Gasteiger partial charge on any atom is -0.394 e. The molecule has 3 N–H and O–H groups in total. The van der Waals surface area contributed by atoms with E-state index in [1.807, 2.05) is 16.8 Å². The third-order valence-corrected chi connectivity index (χ3v) is 3.17. The van der Waals surface area contributed by atoms with Crippen molar-refractivity contribution in [2.75, 3.05) is 6.61 Å². The lowest BCUT2D eigenvalue weighted by molar-refractivity contribution is 0.0822. The van der Waals surface area contributed by atoms with E-state index in [9.17, 15) is 5.11 Å². The smallest absolute Gasteiger partial charge is 0.0949 e. The summed E-state index contributed by atoms with van der Waals surface area (Å²) in [5.41, 5.74) is 2.31. The number of nitrogens with zero attached hydrogens (tertiary/aromatic N) is 1. The second-order valence-corrected chi connectivity index (χ2v) is 5.23. The van der Waals surface area contributed by atoms with Gasteiger partial charge in [0, 0.05) is 24.3 Å². The number of benzene rings is 1. The molecule has 2 rings (SSSR count). The highest BCUT2D eigenvalue weighted by Gasteiger charge is 2.07. The minimum absolute atomic E-state index is 0.214. The summed E-state index contributed by atoms with van der Waals surface area (Å²) in [6.07, 6.45) is 1.23. The summed E-state index contributed by atoms with van der Waals surface area (Å²) in [6.45, 7) is 5.29. The Kier molecular flexibility index (Phi) is 4.58.